The van der Waals surface area contributed by atoms with Gasteiger partial charge in [-0.2, -0.15) is 4.98 Å². The molecule has 1 amide bonds. The lowest BCUT2D eigenvalue weighted by Gasteiger charge is -2.26. The van der Waals surface area contributed by atoms with Gasteiger partial charge in [-0.15, -0.1) is 0 Å². The minimum Gasteiger partial charge on any atom is -0.378 e. The van der Waals surface area contributed by atoms with E-state index in [0.29, 0.717) is 50.4 Å². The second-order valence-electron chi connectivity index (χ2n) is 6.04. The van der Waals surface area contributed by atoms with E-state index in [1.165, 1.54) is 0 Å². The molecule has 1 aromatic rings. The average molecular weight is 310 g/mol. The number of nitrogens with one attached hydrogen (secondary N) is 1. The molecule has 0 bridgehead atoms. The molecular formula is C15H26N4O3. The van der Waals surface area contributed by atoms with Crippen molar-refractivity contribution in [1.29, 1.82) is 0 Å². The maximum absolute atomic E-state index is 12.4. The number of carbonyl (C=O) groups excluding carboxylic acids is 1. The molecule has 1 N–H and O–H groups in total. The van der Waals surface area contributed by atoms with Gasteiger partial charge in [-0.1, -0.05) is 19.0 Å². The summed E-state index contributed by atoms with van der Waals surface area (Å²) in [4.78, 5) is 18.5. The van der Waals surface area contributed by atoms with Crippen molar-refractivity contribution in [3.63, 3.8) is 0 Å². The molecule has 0 spiro atoms. The van der Waals surface area contributed by atoms with Crippen molar-refractivity contribution < 1.29 is 14.1 Å². The summed E-state index contributed by atoms with van der Waals surface area (Å²) in [5.41, 5.74) is 0. The third-order valence-electron chi connectivity index (χ3n) is 3.58. The van der Waals surface area contributed by atoms with Crippen LogP contribution in [0, 0.1) is 5.92 Å². The number of carbonyl (C=O) groups is 1. The number of hydrogen-bond acceptors (Lipinski definition) is 6. The van der Waals surface area contributed by atoms with E-state index in [2.05, 4.69) is 29.3 Å². The topological polar surface area (TPSA) is 80.5 Å². The van der Waals surface area contributed by atoms with Crippen molar-refractivity contribution in [2.45, 2.75) is 46.2 Å². The highest BCUT2D eigenvalue weighted by atomic mass is 16.5. The Morgan fingerprint density at radius 1 is 1.50 bits per heavy atom. The van der Waals surface area contributed by atoms with Crippen LogP contribution in [0.2, 0.25) is 0 Å². The highest BCUT2D eigenvalue weighted by Gasteiger charge is 2.21. The van der Waals surface area contributed by atoms with Gasteiger partial charge in [-0.3, -0.25) is 4.79 Å². The minimum atomic E-state index is 0.0840. The van der Waals surface area contributed by atoms with Crippen LogP contribution in [0.5, 0.6) is 0 Å². The van der Waals surface area contributed by atoms with Gasteiger partial charge in [0.1, 0.15) is 0 Å². The van der Waals surface area contributed by atoms with Gasteiger partial charge in [-0.05, 0) is 12.8 Å². The Labute approximate surface area is 131 Å². The first-order chi connectivity index (χ1) is 10.6. The smallest absolute Gasteiger partial charge is 0.226 e. The maximum Gasteiger partial charge on any atom is 0.226 e. The molecule has 124 valence electrons. The van der Waals surface area contributed by atoms with Gasteiger partial charge in [-0.25, -0.2) is 0 Å². The summed E-state index contributed by atoms with van der Waals surface area (Å²) in [5, 5.41) is 7.26. The fourth-order valence-electron chi connectivity index (χ4n) is 2.42. The number of hydrogen-bond donors (Lipinski definition) is 1. The van der Waals surface area contributed by atoms with Crippen molar-refractivity contribution in [2.24, 2.45) is 5.92 Å². The third kappa shape index (κ3) is 5.06. The molecule has 1 atom stereocenters. The Balaban J connectivity index is 1.87. The van der Waals surface area contributed by atoms with Crippen LogP contribution in [-0.2, 0) is 22.5 Å². The highest BCUT2D eigenvalue weighted by molar-refractivity contribution is 5.76. The summed E-state index contributed by atoms with van der Waals surface area (Å²) in [6.07, 6.45) is 1.20. The van der Waals surface area contributed by atoms with E-state index in [-0.39, 0.29) is 11.9 Å². The molecule has 0 aliphatic carbocycles. The third-order valence-corrected chi connectivity index (χ3v) is 3.58. The van der Waals surface area contributed by atoms with Crippen LogP contribution in [0.4, 0.5) is 0 Å². The molecule has 7 heteroatoms. The first-order valence-electron chi connectivity index (χ1n) is 7.98. The van der Waals surface area contributed by atoms with Crippen LogP contribution in [0.3, 0.4) is 0 Å². The molecule has 1 saturated heterocycles. The minimum absolute atomic E-state index is 0.0840. The van der Waals surface area contributed by atoms with E-state index < -0.39 is 0 Å². The van der Waals surface area contributed by atoms with Crippen LogP contribution in [0.1, 0.15) is 38.9 Å². The Kier molecular flexibility index (Phi) is 6.33. The Hall–Kier alpha value is -1.47. The Morgan fingerprint density at radius 3 is 2.95 bits per heavy atom. The molecule has 0 radical (unpaired) electrons. The van der Waals surface area contributed by atoms with Crippen LogP contribution < -0.4 is 5.32 Å². The van der Waals surface area contributed by atoms with Crippen LogP contribution >= 0.6 is 0 Å². The van der Waals surface area contributed by atoms with Gasteiger partial charge >= 0.3 is 0 Å². The van der Waals surface area contributed by atoms with E-state index >= 15 is 0 Å². The second kappa shape index (κ2) is 8.24. The molecular weight excluding hydrogens is 284 g/mol. The SMILES string of the molecule is CCN(Cc1noc(CC(C)C)n1)C(=O)C[C@@H]1COCCN1. The van der Waals surface area contributed by atoms with E-state index in [1.54, 1.807) is 4.90 Å². The molecule has 22 heavy (non-hydrogen) atoms. The number of rotatable bonds is 7. The first kappa shape index (κ1) is 16.9. The predicted molar refractivity (Wildman–Crippen MR) is 81.2 cm³/mol. The lowest BCUT2D eigenvalue weighted by molar-refractivity contribution is -0.133. The number of morpholine rings is 1. The summed E-state index contributed by atoms with van der Waals surface area (Å²) >= 11 is 0. The van der Waals surface area contributed by atoms with Gasteiger partial charge in [0.2, 0.25) is 11.8 Å². The molecule has 0 aromatic carbocycles. The zero-order valence-electron chi connectivity index (χ0n) is 13.7. The number of nitrogens with zero attached hydrogens (tertiary/aromatic N) is 3. The van der Waals surface area contributed by atoms with Gasteiger partial charge in [0.15, 0.2) is 5.82 Å². The van der Waals surface area contributed by atoms with E-state index in [9.17, 15) is 4.79 Å². The van der Waals surface area contributed by atoms with Crippen molar-refractivity contribution in [1.82, 2.24) is 20.4 Å². The number of amides is 1. The summed E-state index contributed by atoms with van der Waals surface area (Å²) in [6, 6.07) is 0.0945. The van der Waals surface area contributed by atoms with Crippen LogP contribution in [0.25, 0.3) is 0 Å². The summed E-state index contributed by atoms with van der Waals surface area (Å²) in [7, 11) is 0. The van der Waals surface area contributed by atoms with E-state index in [1.807, 2.05) is 6.92 Å². The van der Waals surface area contributed by atoms with Crippen LogP contribution in [-0.4, -0.2) is 53.3 Å². The lowest BCUT2D eigenvalue weighted by Crippen LogP contribution is -2.45. The Morgan fingerprint density at radius 2 is 2.32 bits per heavy atom. The zero-order valence-corrected chi connectivity index (χ0v) is 13.7. The molecule has 1 aliphatic rings. The largest absolute Gasteiger partial charge is 0.378 e. The van der Waals surface area contributed by atoms with Gasteiger partial charge in [0.25, 0.3) is 0 Å². The second-order valence-corrected chi connectivity index (χ2v) is 6.04. The molecule has 1 aromatic heterocycles. The summed E-state index contributed by atoms with van der Waals surface area (Å²) < 4.78 is 10.6. The fraction of sp³-hybridized carbons (Fsp3) is 0.800. The maximum atomic E-state index is 12.4. The zero-order chi connectivity index (χ0) is 15.9. The Bertz CT molecular complexity index is 469. The molecule has 7 nitrogen and oxygen atoms in total. The van der Waals surface area contributed by atoms with Crippen molar-refractivity contribution >= 4 is 5.91 Å². The van der Waals surface area contributed by atoms with Crippen molar-refractivity contribution in [3.05, 3.63) is 11.7 Å². The van der Waals surface area contributed by atoms with Gasteiger partial charge in [0.05, 0.1) is 19.8 Å². The molecule has 2 heterocycles. The molecule has 0 saturated carbocycles. The monoisotopic (exact) mass is 310 g/mol. The normalized spacial score (nSPS) is 18.6. The first-order valence-corrected chi connectivity index (χ1v) is 7.98. The van der Waals surface area contributed by atoms with Gasteiger partial charge in [0, 0.05) is 32.0 Å². The summed E-state index contributed by atoms with van der Waals surface area (Å²) in [5.74, 6) is 1.75. The van der Waals surface area contributed by atoms with Crippen molar-refractivity contribution in [2.75, 3.05) is 26.3 Å². The average Bonchev–Trinajstić information content (AvgIpc) is 2.92. The molecule has 1 aliphatic heterocycles. The van der Waals surface area contributed by atoms with E-state index in [0.717, 1.165) is 13.0 Å². The number of aromatic nitrogens is 2. The van der Waals surface area contributed by atoms with Crippen molar-refractivity contribution in [3.8, 4) is 0 Å². The number of ether oxygens (including phenoxy) is 1. The predicted octanol–water partition coefficient (Wildman–Crippen LogP) is 0.995. The van der Waals surface area contributed by atoms with Gasteiger partial charge < -0.3 is 19.5 Å². The quantitative estimate of drug-likeness (QED) is 0.809. The van der Waals surface area contributed by atoms with Crippen LogP contribution in [0.15, 0.2) is 4.52 Å². The fourth-order valence-corrected chi connectivity index (χ4v) is 2.42. The molecule has 2 rings (SSSR count). The lowest BCUT2D eigenvalue weighted by atomic mass is 10.1. The van der Waals surface area contributed by atoms with E-state index in [4.69, 9.17) is 9.26 Å². The molecule has 0 unspecified atom stereocenters. The highest BCUT2D eigenvalue weighted by Crippen LogP contribution is 2.09. The standard InChI is InChI=1S/C15H26N4O3/c1-4-19(15(20)8-12-10-21-6-5-16-12)9-13-17-14(22-18-13)7-11(2)3/h11-12,16H,4-10H2,1-3H3/t12-/m1/s1. The summed E-state index contributed by atoms with van der Waals surface area (Å²) in [6.45, 7) is 9.28. The molecule has 1 fully saturated rings.